The van der Waals surface area contributed by atoms with Gasteiger partial charge in [0.2, 0.25) is 11.6 Å². The van der Waals surface area contributed by atoms with Crippen LogP contribution in [-0.2, 0) is 22.3 Å². The van der Waals surface area contributed by atoms with Gasteiger partial charge in [-0.05, 0) is 6.07 Å². The minimum absolute atomic E-state index is 0.102. The molecule has 0 saturated heterocycles. The molecule has 0 saturated carbocycles. The molecule has 0 radical (unpaired) electrons. The number of anilines is 1. The summed E-state index contributed by atoms with van der Waals surface area (Å²) in [7, 11) is 1.22. The number of esters is 1. The molecule has 0 aliphatic rings. The summed E-state index contributed by atoms with van der Waals surface area (Å²) in [4.78, 5) is 37.8. The van der Waals surface area contributed by atoms with Crippen LogP contribution in [0.15, 0.2) is 35.4 Å². The number of ether oxygens (including phenoxy) is 2. The monoisotopic (exact) mass is 424 g/mol. The van der Waals surface area contributed by atoms with Crippen molar-refractivity contribution in [3.63, 3.8) is 0 Å². The molecule has 1 N–H and O–H groups in total. The number of hydrogen-bond donors (Lipinski definition) is 1. The van der Waals surface area contributed by atoms with Crippen molar-refractivity contribution in [3.05, 3.63) is 47.9 Å². The predicted octanol–water partition coefficient (Wildman–Crippen LogP) is 2.48. The van der Waals surface area contributed by atoms with E-state index in [1.54, 1.807) is 0 Å². The zero-order valence-corrected chi connectivity index (χ0v) is 15.0. The fraction of sp³-hybridized carbons (Fsp3) is 0.188. The molecule has 3 aromatic heterocycles. The number of carbonyl (C=O) groups excluding carboxylic acids is 2. The first-order valence-corrected chi connectivity index (χ1v) is 7.95. The van der Waals surface area contributed by atoms with Gasteiger partial charge in [0.15, 0.2) is 0 Å². The Morgan fingerprint density at radius 2 is 1.87 bits per heavy atom. The van der Waals surface area contributed by atoms with E-state index in [0.717, 1.165) is 12.4 Å². The number of nitrogens with zero attached hydrogens (tertiary/aromatic N) is 5. The first-order valence-electron chi connectivity index (χ1n) is 7.95. The molecule has 0 unspecified atom stereocenters. The number of pyridine rings is 1. The van der Waals surface area contributed by atoms with Crippen LogP contribution in [0.5, 0.6) is 0 Å². The normalized spacial score (nSPS) is 11.1. The standard InChI is InChI=1S/C16H11F3N6O5/c1-28-13(26)9-2-8(3-20-4-9)7-29-15(27)23-10-5-21-11(22-6-10)12-24-14(30-25-12)16(17,18)19/h2-6H,7H2,1H3,(H,23,27). The van der Waals surface area contributed by atoms with Gasteiger partial charge in [0, 0.05) is 18.0 Å². The van der Waals surface area contributed by atoms with E-state index in [1.165, 1.54) is 25.6 Å². The van der Waals surface area contributed by atoms with Crippen LogP contribution < -0.4 is 5.32 Å². The summed E-state index contributed by atoms with van der Waals surface area (Å²) in [5.74, 6) is -2.82. The van der Waals surface area contributed by atoms with E-state index in [1.807, 2.05) is 0 Å². The highest BCUT2D eigenvalue weighted by Gasteiger charge is 2.38. The van der Waals surface area contributed by atoms with Gasteiger partial charge < -0.3 is 14.0 Å². The van der Waals surface area contributed by atoms with Gasteiger partial charge in [-0.15, -0.1) is 0 Å². The molecule has 1 amide bonds. The third kappa shape index (κ3) is 5.03. The maximum atomic E-state index is 12.5. The van der Waals surface area contributed by atoms with Crippen LogP contribution in [0, 0.1) is 0 Å². The molecule has 30 heavy (non-hydrogen) atoms. The van der Waals surface area contributed by atoms with Crippen molar-refractivity contribution in [1.82, 2.24) is 25.1 Å². The first kappa shape index (κ1) is 20.6. The fourth-order valence-corrected chi connectivity index (χ4v) is 2.04. The lowest BCUT2D eigenvalue weighted by molar-refractivity contribution is -0.159. The van der Waals surface area contributed by atoms with Crippen molar-refractivity contribution in [2.45, 2.75) is 12.8 Å². The zero-order valence-electron chi connectivity index (χ0n) is 15.0. The van der Waals surface area contributed by atoms with Gasteiger partial charge in [-0.25, -0.2) is 19.6 Å². The Labute approximate surface area is 165 Å². The molecule has 3 heterocycles. The average molecular weight is 424 g/mol. The number of carbonyl (C=O) groups is 2. The highest BCUT2D eigenvalue weighted by molar-refractivity contribution is 5.89. The minimum atomic E-state index is -4.79. The van der Waals surface area contributed by atoms with Gasteiger partial charge >= 0.3 is 24.1 Å². The van der Waals surface area contributed by atoms with Crippen molar-refractivity contribution in [1.29, 1.82) is 0 Å². The second-order valence-electron chi connectivity index (χ2n) is 5.49. The van der Waals surface area contributed by atoms with E-state index in [4.69, 9.17) is 4.74 Å². The van der Waals surface area contributed by atoms with Crippen molar-refractivity contribution in [2.24, 2.45) is 0 Å². The SMILES string of the molecule is COC(=O)c1cncc(COC(=O)Nc2cnc(-c3noc(C(F)(F)F)n3)nc2)c1. The molecule has 3 aromatic rings. The number of amides is 1. The lowest BCUT2D eigenvalue weighted by Gasteiger charge is -2.07. The number of halogens is 3. The molecule has 0 spiro atoms. The van der Waals surface area contributed by atoms with Gasteiger partial charge in [0.1, 0.15) is 6.61 Å². The van der Waals surface area contributed by atoms with Crippen LogP contribution in [0.1, 0.15) is 21.8 Å². The second-order valence-corrected chi connectivity index (χ2v) is 5.49. The summed E-state index contributed by atoms with van der Waals surface area (Å²) in [6.45, 7) is -0.189. The van der Waals surface area contributed by atoms with E-state index in [-0.39, 0.29) is 23.7 Å². The molecule has 0 aliphatic carbocycles. The number of aromatic nitrogens is 5. The summed E-state index contributed by atoms with van der Waals surface area (Å²) in [5, 5.41) is 5.48. The fourth-order valence-electron chi connectivity index (χ4n) is 2.04. The van der Waals surface area contributed by atoms with Crippen molar-refractivity contribution in [2.75, 3.05) is 12.4 Å². The van der Waals surface area contributed by atoms with E-state index < -0.39 is 30.0 Å². The molecule has 156 valence electrons. The Morgan fingerprint density at radius 1 is 1.13 bits per heavy atom. The number of nitrogens with one attached hydrogen (secondary N) is 1. The Kier molecular flexibility index (Phi) is 5.85. The van der Waals surface area contributed by atoms with Crippen LogP contribution in [0.25, 0.3) is 11.6 Å². The summed E-state index contributed by atoms with van der Waals surface area (Å²) in [5.41, 5.74) is 0.736. The summed E-state index contributed by atoms with van der Waals surface area (Å²) in [6, 6.07) is 1.45. The Bertz CT molecular complexity index is 1050. The van der Waals surface area contributed by atoms with Gasteiger partial charge in [0.25, 0.3) is 0 Å². The van der Waals surface area contributed by atoms with Crippen LogP contribution in [-0.4, -0.2) is 44.3 Å². The minimum Gasteiger partial charge on any atom is -0.465 e. The third-order valence-corrected chi connectivity index (χ3v) is 3.35. The highest BCUT2D eigenvalue weighted by Crippen LogP contribution is 2.28. The molecular weight excluding hydrogens is 413 g/mol. The van der Waals surface area contributed by atoms with Crippen molar-refractivity contribution >= 4 is 17.7 Å². The molecule has 0 aromatic carbocycles. The molecule has 0 fully saturated rings. The van der Waals surface area contributed by atoms with Gasteiger partial charge in [-0.1, -0.05) is 5.16 Å². The average Bonchev–Trinajstić information content (AvgIpc) is 3.23. The maximum Gasteiger partial charge on any atom is 0.471 e. The Morgan fingerprint density at radius 3 is 2.50 bits per heavy atom. The van der Waals surface area contributed by atoms with E-state index in [0.29, 0.717) is 5.56 Å². The zero-order chi connectivity index (χ0) is 21.7. The Hall–Kier alpha value is -4.10. The lowest BCUT2D eigenvalue weighted by Crippen LogP contribution is -2.14. The van der Waals surface area contributed by atoms with E-state index >= 15 is 0 Å². The quantitative estimate of drug-likeness (QED) is 0.607. The summed E-state index contributed by atoms with van der Waals surface area (Å²) < 4.78 is 51.1. The molecular formula is C16H11F3N6O5. The molecule has 0 bridgehead atoms. The molecule has 11 nitrogen and oxygen atoms in total. The topological polar surface area (TPSA) is 142 Å². The smallest absolute Gasteiger partial charge is 0.465 e. The predicted molar refractivity (Wildman–Crippen MR) is 89.7 cm³/mol. The largest absolute Gasteiger partial charge is 0.471 e. The highest BCUT2D eigenvalue weighted by atomic mass is 19.4. The van der Waals surface area contributed by atoms with Gasteiger partial charge in [-0.3, -0.25) is 10.3 Å². The maximum absolute atomic E-state index is 12.5. The molecule has 0 aliphatic heterocycles. The van der Waals surface area contributed by atoms with Crippen LogP contribution in [0.3, 0.4) is 0 Å². The number of hydrogen-bond acceptors (Lipinski definition) is 10. The second kappa shape index (κ2) is 8.50. The lowest BCUT2D eigenvalue weighted by atomic mass is 10.2. The van der Waals surface area contributed by atoms with E-state index in [9.17, 15) is 22.8 Å². The molecule has 3 rings (SSSR count). The number of rotatable bonds is 5. The number of methoxy groups -OCH3 is 1. The van der Waals surface area contributed by atoms with E-state index in [2.05, 4.69) is 39.7 Å². The van der Waals surface area contributed by atoms with Crippen molar-refractivity contribution < 1.29 is 36.8 Å². The van der Waals surface area contributed by atoms with Gasteiger partial charge in [0.05, 0.1) is 30.8 Å². The third-order valence-electron chi connectivity index (χ3n) is 3.35. The van der Waals surface area contributed by atoms with Crippen LogP contribution in [0.2, 0.25) is 0 Å². The molecule has 14 heteroatoms. The van der Waals surface area contributed by atoms with Crippen LogP contribution in [0.4, 0.5) is 23.7 Å². The Balaban J connectivity index is 1.57. The molecule has 0 atom stereocenters. The summed E-state index contributed by atoms with van der Waals surface area (Å²) >= 11 is 0. The van der Waals surface area contributed by atoms with Crippen molar-refractivity contribution in [3.8, 4) is 11.6 Å². The van der Waals surface area contributed by atoms with Crippen LogP contribution >= 0.6 is 0 Å². The van der Waals surface area contributed by atoms with Gasteiger partial charge in [-0.2, -0.15) is 18.2 Å². The summed E-state index contributed by atoms with van der Waals surface area (Å²) in [6.07, 6.45) is -0.719. The number of alkyl halides is 3. The first-order chi connectivity index (χ1) is 14.3.